The number of ether oxygens (including phenoxy) is 2. The van der Waals surface area contributed by atoms with Gasteiger partial charge in [0, 0.05) is 107 Å². The minimum atomic E-state index is -0.909. The Morgan fingerprint density at radius 1 is 0.922 bits per heavy atom. The molecule has 8 rings (SSSR count). The number of carbonyl (C=O) groups is 4. The maximum atomic E-state index is 14.1. The van der Waals surface area contributed by atoms with Gasteiger partial charge in [-0.1, -0.05) is 52.0 Å². The maximum absolute atomic E-state index is 14.1. The van der Waals surface area contributed by atoms with Gasteiger partial charge >= 0.3 is 0 Å². The van der Waals surface area contributed by atoms with Crippen molar-refractivity contribution < 1.29 is 33.8 Å². The quantitative estimate of drug-likeness (QED) is 0.0501. The van der Waals surface area contributed by atoms with E-state index in [1.807, 2.05) is 83.5 Å². The first-order valence-corrected chi connectivity index (χ1v) is 28.1. The fraction of sp³-hybridized carbons (Fsp3) is 0.544. The maximum Gasteiger partial charge on any atom is 0.252 e. The number of β-amino-alcohol motifs (C(OH)–C–C–N with tert-alkyl or cyclic N) is 1. The van der Waals surface area contributed by atoms with Crippen LogP contribution in [0.2, 0.25) is 0 Å². The number of hydrogen-bond donors (Lipinski definition) is 5. The van der Waals surface area contributed by atoms with Crippen LogP contribution in [-0.4, -0.2) is 142 Å². The summed E-state index contributed by atoms with van der Waals surface area (Å²) in [5.41, 5.74) is 7.17. The molecule has 20 heteroatoms. The summed E-state index contributed by atoms with van der Waals surface area (Å²) in [5.74, 6) is 0.00295. The number of hydrogen-bond acceptors (Lipinski definition) is 15. The van der Waals surface area contributed by atoms with Crippen molar-refractivity contribution in [1.82, 2.24) is 45.3 Å². The first kappa shape index (κ1) is 56.7. The van der Waals surface area contributed by atoms with E-state index in [-0.39, 0.29) is 67.9 Å². The molecule has 2 aliphatic heterocycles. The van der Waals surface area contributed by atoms with Crippen LogP contribution in [0.15, 0.2) is 65.0 Å². The molecule has 5 aromatic rings. The Hall–Kier alpha value is -6.48. The van der Waals surface area contributed by atoms with Gasteiger partial charge in [0.15, 0.2) is 0 Å². The lowest BCUT2D eigenvalue weighted by Crippen LogP contribution is -2.57. The van der Waals surface area contributed by atoms with E-state index in [1.54, 1.807) is 35.3 Å². The highest BCUT2D eigenvalue weighted by atomic mass is 32.1. The molecule has 77 heavy (non-hydrogen) atoms. The van der Waals surface area contributed by atoms with Crippen molar-refractivity contribution in [3.8, 4) is 16.2 Å². The number of benzene rings is 2. The number of thiazole rings is 1. The fourth-order valence-electron chi connectivity index (χ4n) is 10.6. The number of aromatic nitrogens is 4. The number of rotatable bonds is 21. The van der Waals surface area contributed by atoms with Crippen molar-refractivity contribution >= 4 is 63.3 Å². The summed E-state index contributed by atoms with van der Waals surface area (Å²) in [7, 11) is 1.64. The molecular weight excluding hydrogens is 999 g/mol. The molecule has 414 valence electrons. The smallest absolute Gasteiger partial charge is 0.252 e. The van der Waals surface area contributed by atoms with E-state index in [0.717, 1.165) is 110 Å². The zero-order valence-electron chi connectivity index (χ0n) is 45.7. The third-order valence-electron chi connectivity index (χ3n) is 15.1. The van der Waals surface area contributed by atoms with Gasteiger partial charge in [0.25, 0.3) is 5.56 Å². The number of pyridine rings is 1. The Morgan fingerprint density at radius 3 is 2.36 bits per heavy atom. The number of amides is 4. The third-order valence-corrected chi connectivity index (χ3v) is 16.1. The number of nitrogens with zero attached hydrogens (tertiary/aromatic N) is 7. The van der Waals surface area contributed by atoms with Crippen LogP contribution < -0.4 is 36.5 Å². The van der Waals surface area contributed by atoms with Crippen molar-refractivity contribution in [3.63, 3.8) is 0 Å². The Morgan fingerprint density at radius 2 is 1.68 bits per heavy atom. The van der Waals surface area contributed by atoms with E-state index in [2.05, 4.69) is 47.1 Å². The average molecular weight is 1080 g/mol. The van der Waals surface area contributed by atoms with E-state index in [4.69, 9.17) is 14.5 Å². The second kappa shape index (κ2) is 25.8. The summed E-state index contributed by atoms with van der Waals surface area (Å²) in [6.07, 6.45) is 6.49. The molecule has 3 aliphatic rings. The first-order chi connectivity index (χ1) is 37.0. The van der Waals surface area contributed by atoms with Crippen LogP contribution in [0, 0.1) is 19.3 Å². The van der Waals surface area contributed by atoms with Crippen LogP contribution in [0.25, 0.3) is 21.5 Å². The van der Waals surface area contributed by atoms with Gasteiger partial charge < -0.3 is 45.6 Å². The average Bonchev–Trinajstić information content (AvgIpc) is 4.07. The minimum Gasteiger partial charge on any atom is -0.494 e. The zero-order valence-corrected chi connectivity index (χ0v) is 46.5. The molecular formula is C57H77N11O8S. The lowest BCUT2D eigenvalue weighted by molar-refractivity contribution is -0.144. The number of nitrogens with one attached hydrogen (secondary N) is 4. The molecule has 3 atom stereocenters. The summed E-state index contributed by atoms with van der Waals surface area (Å²) in [6.45, 7) is 16.8. The molecule has 2 aromatic carbocycles. The molecule has 1 saturated carbocycles. The summed E-state index contributed by atoms with van der Waals surface area (Å²) in [4.78, 5) is 87.5. The molecule has 5 heterocycles. The Labute approximate surface area is 455 Å². The van der Waals surface area contributed by atoms with Crippen LogP contribution in [0.3, 0.4) is 0 Å². The summed E-state index contributed by atoms with van der Waals surface area (Å²) in [6, 6.07) is 14.0. The second-order valence-electron chi connectivity index (χ2n) is 21.7. The number of aliphatic hydroxyl groups excluding tert-OH is 1. The highest BCUT2D eigenvalue weighted by molar-refractivity contribution is 7.13. The topological polar surface area (TPSA) is 225 Å². The normalized spacial score (nSPS) is 19.5. The van der Waals surface area contributed by atoms with E-state index in [9.17, 15) is 29.1 Å². The lowest BCUT2D eigenvalue weighted by atomic mass is 9.85. The van der Waals surface area contributed by atoms with Gasteiger partial charge in [-0.2, -0.15) is 4.98 Å². The predicted molar refractivity (Wildman–Crippen MR) is 300 cm³/mol. The Bertz CT molecular complexity index is 2910. The molecule has 0 radical (unpaired) electrons. The number of piperazine rings is 1. The van der Waals surface area contributed by atoms with E-state index in [0.29, 0.717) is 36.1 Å². The third kappa shape index (κ3) is 14.4. The molecule has 3 fully saturated rings. The number of likely N-dealkylation sites (tertiary alicyclic amines) is 1. The summed E-state index contributed by atoms with van der Waals surface area (Å²) >= 11 is 1.58. The van der Waals surface area contributed by atoms with Gasteiger partial charge in [0.05, 0.1) is 41.6 Å². The van der Waals surface area contributed by atoms with Crippen molar-refractivity contribution in [2.24, 2.45) is 5.41 Å². The Kier molecular flexibility index (Phi) is 19.0. The van der Waals surface area contributed by atoms with Crippen molar-refractivity contribution in [3.05, 3.63) is 87.4 Å². The van der Waals surface area contributed by atoms with Crippen molar-refractivity contribution in [1.29, 1.82) is 0 Å². The molecule has 2 saturated heterocycles. The summed E-state index contributed by atoms with van der Waals surface area (Å²) < 4.78 is 13.5. The van der Waals surface area contributed by atoms with Crippen LogP contribution in [0.1, 0.15) is 108 Å². The monoisotopic (exact) mass is 1080 g/mol. The predicted octanol–water partition coefficient (Wildman–Crippen LogP) is 6.41. The number of aryl methyl sites for hydroxylation is 2. The molecule has 19 nitrogen and oxygen atoms in total. The van der Waals surface area contributed by atoms with Crippen LogP contribution >= 0.6 is 11.3 Å². The number of aliphatic hydroxyl groups is 1. The molecule has 5 N–H and O–H groups in total. The highest BCUT2D eigenvalue weighted by Crippen LogP contribution is 2.35. The molecule has 1 aliphatic carbocycles. The Balaban J connectivity index is 0.745. The van der Waals surface area contributed by atoms with Gasteiger partial charge in [-0.25, -0.2) is 9.97 Å². The standard InChI is InChI=1S/C57H77N11O8S/c1-8-48(70)61-40-15-17-41(18-16-40)68-50(72)29-36(2)44-33-59-56(64-53(44)68)62-45-20-19-42(30-47(45)75-7)66-25-23-65(24-26-66)22-9-10-27-76-28-21-49(71)63-52(57(4,5)6)55(74)67-34-43(69)31-46(67)54(73)58-32-38-11-13-39(14-12-38)51-37(3)60-35-77-51/h11-14,19-20,29-30,33,35,40-41,43,46,52,69H,8-10,15-18,21-28,31-32,34H2,1-7H3,(H,58,73)(H,61,70)(H,63,71)(H,59,62,64). The van der Waals surface area contributed by atoms with Gasteiger partial charge in [0.2, 0.25) is 29.6 Å². The minimum absolute atomic E-state index is 0.00716. The van der Waals surface area contributed by atoms with Gasteiger partial charge in [0.1, 0.15) is 23.5 Å². The molecule has 4 amide bonds. The largest absolute Gasteiger partial charge is 0.494 e. The van der Waals surface area contributed by atoms with E-state index >= 15 is 0 Å². The van der Waals surface area contributed by atoms with Gasteiger partial charge in [-0.3, -0.25) is 33.4 Å². The van der Waals surface area contributed by atoms with Gasteiger partial charge in [-0.15, -0.1) is 11.3 Å². The van der Waals surface area contributed by atoms with E-state index < -0.39 is 29.5 Å². The SMILES string of the molecule is CCC(=O)NC1CCC(n2c(=O)cc(C)c3cnc(Nc4ccc(N5CCN(CCCCOCCC(=O)NC(C(=O)N6CC(O)CC6C(=O)NCc6ccc(-c7scnc7C)cc6)C(C)(C)C)CC5)cc4OC)nc32)CC1. The molecule has 3 unspecified atom stereocenters. The second-order valence-corrected chi connectivity index (χ2v) is 22.6. The molecule has 0 spiro atoms. The number of carbonyl (C=O) groups excluding carboxylic acids is 4. The highest BCUT2D eigenvalue weighted by Gasteiger charge is 2.44. The fourth-order valence-corrected chi connectivity index (χ4v) is 11.5. The van der Waals surface area contributed by atoms with Crippen LogP contribution in [0.5, 0.6) is 5.75 Å². The number of unbranched alkanes of at least 4 members (excludes halogenated alkanes) is 1. The number of anilines is 3. The van der Waals surface area contributed by atoms with Crippen LogP contribution in [0.4, 0.5) is 17.3 Å². The van der Waals surface area contributed by atoms with Crippen LogP contribution in [-0.2, 0) is 30.5 Å². The lowest BCUT2D eigenvalue weighted by Gasteiger charge is -2.36. The molecule has 0 bridgehead atoms. The zero-order chi connectivity index (χ0) is 54.8. The number of fused-ring (bicyclic) bond motifs is 1. The van der Waals surface area contributed by atoms with Crippen molar-refractivity contribution in [2.45, 2.75) is 136 Å². The summed E-state index contributed by atoms with van der Waals surface area (Å²) in [5, 5.41) is 23.8. The molecule has 3 aromatic heterocycles. The first-order valence-electron chi connectivity index (χ1n) is 27.2. The van der Waals surface area contributed by atoms with Crippen molar-refractivity contribution in [2.75, 3.05) is 69.8 Å². The van der Waals surface area contributed by atoms with E-state index in [1.165, 1.54) is 4.90 Å². The van der Waals surface area contributed by atoms with Gasteiger partial charge in [-0.05, 0) is 93.2 Å². The number of methoxy groups -OCH3 is 1.